The van der Waals surface area contributed by atoms with Gasteiger partial charge in [-0.05, 0) is 20.3 Å². The highest BCUT2D eigenvalue weighted by Gasteiger charge is 2.00. The zero-order valence-electron chi connectivity index (χ0n) is 7.29. The Hall–Kier alpha value is -0.700. The van der Waals surface area contributed by atoms with Gasteiger partial charge in [0.25, 0.3) is 0 Å². The van der Waals surface area contributed by atoms with Gasteiger partial charge in [-0.15, -0.1) is 0 Å². The van der Waals surface area contributed by atoms with Crippen molar-refractivity contribution in [2.75, 3.05) is 0 Å². The molecule has 0 amide bonds. The normalized spacial score (nSPS) is 14.7. The molecule has 0 aromatic rings. The SMILES string of the molecule is CCC(O)/N=C(\C)CC(C)=O. The highest BCUT2D eigenvalue weighted by Crippen LogP contribution is 1.95. The summed E-state index contributed by atoms with van der Waals surface area (Å²) in [5.41, 5.74) is 0.701. The summed E-state index contributed by atoms with van der Waals surface area (Å²) in [5.74, 6) is 0.0783. The minimum absolute atomic E-state index is 0.0783. The van der Waals surface area contributed by atoms with Gasteiger partial charge in [-0.1, -0.05) is 6.92 Å². The average Bonchev–Trinajstić information content (AvgIpc) is 1.85. The lowest BCUT2D eigenvalue weighted by molar-refractivity contribution is -0.115. The summed E-state index contributed by atoms with van der Waals surface area (Å²) in [6.07, 6.45) is 0.293. The monoisotopic (exact) mass is 157 g/mol. The van der Waals surface area contributed by atoms with E-state index in [0.29, 0.717) is 18.6 Å². The summed E-state index contributed by atoms with van der Waals surface area (Å²) >= 11 is 0. The molecule has 0 aromatic heterocycles. The molecule has 3 nitrogen and oxygen atoms in total. The molecule has 0 heterocycles. The van der Waals surface area contributed by atoms with E-state index in [0.717, 1.165) is 0 Å². The molecule has 1 atom stereocenters. The molecule has 1 N–H and O–H groups in total. The van der Waals surface area contributed by atoms with Crippen LogP contribution in [-0.4, -0.2) is 22.8 Å². The lowest BCUT2D eigenvalue weighted by Gasteiger charge is -2.02. The van der Waals surface area contributed by atoms with Crippen LogP contribution < -0.4 is 0 Å². The van der Waals surface area contributed by atoms with E-state index >= 15 is 0 Å². The van der Waals surface area contributed by atoms with Gasteiger partial charge in [-0.25, -0.2) is 0 Å². The summed E-state index contributed by atoms with van der Waals surface area (Å²) < 4.78 is 0. The van der Waals surface area contributed by atoms with Crippen LogP contribution in [0, 0.1) is 0 Å². The fraction of sp³-hybridized carbons (Fsp3) is 0.750. The highest BCUT2D eigenvalue weighted by atomic mass is 16.3. The molecule has 11 heavy (non-hydrogen) atoms. The van der Waals surface area contributed by atoms with Crippen LogP contribution in [-0.2, 0) is 4.79 Å². The molecule has 0 spiro atoms. The number of ketones is 1. The number of nitrogens with zero attached hydrogens (tertiary/aromatic N) is 1. The Bertz CT molecular complexity index is 163. The van der Waals surface area contributed by atoms with Crippen LogP contribution in [0.25, 0.3) is 0 Å². The van der Waals surface area contributed by atoms with Crippen LogP contribution in [0.2, 0.25) is 0 Å². The topological polar surface area (TPSA) is 49.7 Å². The molecule has 0 aliphatic rings. The average molecular weight is 157 g/mol. The number of aliphatic imine (C=N–C) groups is 1. The van der Waals surface area contributed by atoms with E-state index in [-0.39, 0.29) is 5.78 Å². The van der Waals surface area contributed by atoms with Crippen LogP contribution >= 0.6 is 0 Å². The minimum Gasteiger partial charge on any atom is -0.372 e. The maximum atomic E-state index is 10.6. The third-order valence-corrected chi connectivity index (χ3v) is 1.24. The van der Waals surface area contributed by atoms with Crippen molar-refractivity contribution in [3.63, 3.8) is 0 Å². The van der Waals surface area contributed by atoms with Crippen molar-refractivity contribution in [2.45, 2.75) is 39.8 Å². The Balaban J connectivity index is 3.89. The smallest absolute Gasteiger partial charge is 0.144 e. The minimum atomic E-state index is -0.644. The third-order valence-electron chi connectivity index (χ3n) is 1.24. The van der Waals surface area contributed by atoms with Gasteiger partial charge in [-0.2, -0.15) is 0 Å². The second kappa shape index (κ2) is 5.02. The number of hydrogen-bond donors (Lipinski definition) is 1. The fourth-order valence-corrected chi connectivity index (χ4v) is 0.752. The lowest BCUT2D eigenvalue weighted by Crippen LogP contribution is -2.07. The summed E-state index contributed by atoms with van der Waals surface area (Å²) in [6.45, 7) is 5.10. The molecular formula is C8H15NO2. The number of aliphatic hydroxyl groups is 1. The molecule has 3 heteroatoms. The molecule has 0 rings (SSSR count). The highest BCUT2D eigenvalue weighted by molar-refractivity contribution is 5.99. The second-order valence-corrected chi connectivity index (χ2v) is 2.63. The molecule has 1 unspecified atom stereocenters. The van der Waals surface area contributed by atoms with Gasteiger partial charge >= 0.3 is 0 Å². The standard InChI is InChI=1S/C8H15NO2/c1-4-8(11)9-6(2)5-7(3)10/h8,11H,4-5H2,1-3H3/b9-6+. The van der Waals surface area contributed by atoms with E-state index in [1.165, 1.54) is 6.92 Å². The van der Waals surface area contributed by atoms with E-state index in [2.05, 4.69) is 4.99 Å². The molecule has 64 valence electrons. The van der Waals surface area contributed by atoms with Gasteiger partial charge in [0, 0.05) is 12.1 Å². The quantitative estimate of drug-likeness (QED) is 0.622. The summed E-state index contributed by atoms with van der Waals surface area (Å²) in [6, 6.07) is 0. The first kappa shape index (κ1) is 10.3. The van der Waals surface area contributed by atoms with Crippen molar-refractivity contribution in [3.05, 3.63) is 0 Å². The number of carbonyl (C=O) groups excluding carboxylic acids is 1. The van der Waals surface area contributed by atoms with Crippen LogP contribution in [0.15, 0.2) is 4.99 Å². The van der Waals surface area contributed by atoms with Gasteiger partial charge in [-0.3, -0.25) is 9.79 Å². The molecule has 0 saturated heterocycles. The van der Waals surface area contributed by atoms with Gasteiger partial charge in [0.2, 0.25) is 0 Å². The maximum absolute atomic E-state index is 10.6. The summed E-state index contributed by atoms with van der Waals surface area (Å²) in [5, 5.41) is 9.04. The van der Waals surface area contributed by atoms with Crippen molar-refractivity contribution in [3.8, 4) is 0 Å². The third kappa shape index (κ3) is 5.73. The zero-order valence-corrected chi connectivity index (χ0v) is 7.29. The fourth-order valence-electron chi connectivity index (χ4n) is 0.752. The largest absolute Gasteiger partial charge is 0.372 e. The molecule has 0 aliphatic heterocycles. The van der Waals surface area contributed by atoms with Crippen LogP contribution in [0.3, 0.4) is 0 Å². The lowest BCUT2D eigenvalue weighted by atomic mass is 10.2. The number of carbonyl (C=O) groups is 1. The number of aliphatic hydroxyl groups excluding tert-OH is 1. The molecule has 0 saturated carbocycles. The molecule has 0 fully saturated rings. The Morgan fingerprint density at radius 3 is 2.45 bits per heavy atom. The van der Waals surface area contributed by atoms with E-state index < -0.39 is 6.23 Å². The zero-order chi connectivity index (χ0) is 8.85. The first-order valence-corrected chi connectivity index (χ1v) is 3.77. The first-order chi connectivity index (χ1) is 5.06. The van der Waals surface area contributed by atoms with E-state index in [1.807, 2.05) is 6.92 Å². The second-order valence-electron chi connectivity index (χ2n) is 2.63. The number of rotatable bonds is 4. The Morgan fingerprint density at radius 1 is 1.55 bits per heavy atom. The van der Waals surface area contributed by atoms with Gasteiger partial charge < -0.3 is 5.11 Å². The summed E-state index contributed by atoms with van der Waals surface area (Å²) in [7, 11) is 0. The summed E-state index contributed by atoms with van der Waals surface area (Å²) in [4.78, 5) is 14.4. The molecule has 0 aliphatic carbocycles. The molecular weight excluding hydrogens is 142 g/mol. The number of Topliss-reactive ketones (excluding diaryl/α,β-unsaturated/α-hetero) is 1. The molecule has 0 aromatic carbocycles. The van der Waals surface area contributed by atoms with Gasteiger partial charge in [0.05, 0.1) is 0 Å². The van der Waals surface area contributed by atoms with E-state index in [4.69, 9.17) is 5.11 Å². The predicted molar refractivity (Wildman–Crippen MR) is 44.7 cm³/mol. The Morgan fingerprint density at radius 2 is 2.09 bits per heavy atom. The van der Waals surface area contributed by atoms with Crippen molar-refractivity contribution >= 4 is 11.5 Å². The Labute approximate surface area is 67.1 Å². The van der Waals surface area contributed by atoms with Crippen molar-refractivity contribution in [2.24, 2.45) is 4.99 Å². The van der Waals surface area contributed by atoms with Gasteiger partial charge in [0.15, 0.2) is 0 Å². The Kier molecular flexibility index (Phi) is 4.70. The first-order valence-electron chi connectivity index (χ1n) is 3.77. The van der Waals surface area contributed by atoms with Crippen molar-refractivity contribution < 1.29 is 9.90 Å². The van der Waals surface area contributed by atoms with Crippen LogP contribution in [0.4, 0.5) is 0 Å². The number of hydrogen-bond acceptors (Lipinski definition) is 3. The molecule has 0 bridgehead atoms. The van der Waals surface area contributed by atoms with Crippen LogP contribution in [0.1, 0.15) is 33.6 Å². The van der Waals surface area contributed by atoms with Gasteiger partial charge in [0.1, 0.15) is 12.0 Å². The van der Waals surface area contributed by atoms with Crippen molar-refractivity contribution in [1.82, 2.24) is 0 Å². The predicted octanol–water partition coefficient (Wildman–Crippen LogP) is 1.15. The maximum Gasteiger partial charge on any atom is 0.144 e. The van der Waals surface area contributed by atoms with Crippen LogP contribution in [0.5, 0.6) is 0 Å². The van der Waals surface area contributed by atoms with E-state index in [9.17, 15) is 4.79 Å². The van der Waals surface area contributed by atoms with E-state index in [1.54, 1.807) is 6.92 Å². The molecule has 0 radical (unpaired) electrons. The van der Waals surface area contributed by atoms with Crippen molar-refractivity contribution in [1.29, 1.82) is 0 Å².